The van der Waals surface area contributed by atoms with Crippen molar-refractivity contribution in [3.8, 4) is 0 Å². The first kappa shape index (κ1) is 15.5. The Morgan fingerprint density at radius 1 is 1.40 bits per heavy atom. The Kier molecular flexibility index (Phi) is 4.83. The van der Waals surface area contributed by atoms with E-state index in [1.165, 1.54) is 0 Å². The number of amides is 1. The van der Waals surface area contributed by atoms with Crippen molar-refractivity contribution in [3.63, 3.8) is 0 Å². The van der Waals surface area contributed by atoms with Gasteiger partial charge >= 0.3 is 0 Å². The molecule has 5 heteroatoms. The minimum absolute atomic E-state index is 0.00375. The molecule has 4 nitrogen and oxygen atoms in total. The predicted octanol–water partition coefficient (Wildman–Crippen LogP) is 2.76. The van der Waals surface area contributed by atoms with E-state index in [9.17, 15) is 4.79 Å². The van der Waals surface area contributed by atoms with E-state index in [4.69, 9.17) is 10.5 Å². The van der Waals surface area contributed by atoms with Crippen LogP contribution in [-0.4, -0.2) is 25.7 Å². The van der Waals surface area contributed by atoms with Crippen molar-refractivity contribution in [2.24, 2.45) is 11.1 Å². The molecule has 0 aliphatic carbocycles. The number of ether oxygens (including phenoxy) is 1. The number of nitrogens with two attached hydrogens (primary N) is 1. The number of nitrogens with one attached hydrogen (secondary N) is 1. The molecule has 0 spiro atoms. The van der Waals surface area contributed by atoms with Gasteiger partial charge in [-0.3, -0.25) is 4.79 Å². The van der Waals surface area contributed by atoms with Crippen LogP contribution in [-0.2, 0) is 9.53 Å². The molecule has 1 aromatic rings. The zero-order chi connectivity index (χ0) is 14.8. The molecule has 0 radical (unpaired) electrons. The minimum atomic E-state index is -0.505. The number of benzene rings is 1. The normalized spacial score (nSPS) is 17.8. The Balaban J connectivity index is 2.23. The largest absolute Gasteiger partial charge is 0.381 e. The molecule has 1 saturated heterocycles. The van der Waals surface area contributed by atoms with E-state index < -0.39 is 5.41 Å². The second-order valence-corrected chi connectivity index (χ2v) is 6.34. The van der Waals surface area contributed by atoms with Crippen LogP contribution in [0.25, 0.3) is 0 Å². The van der Waals surface area contributed by atoms with Crippen molar-refractivity contribution in [3.05, 3.63) is 27.7 Å². The van der Waals surface area contributed by atoms with Gasteiger partial charge in [0.1, 0.15) is 0 Å². The monoisotopic (exact) mass is 340 g/mol. The number of aryl methyl sites for hydroxylation is 2. The molecule has 1 amide bonds. The van der Waals surface area contributed by atoms with Gasteiger partial charge < -0.3 is 15.8 Å². The molecule has 0 atom stereocenters. The van der Waals surface area contributed by atoms with Crippen molar-refractivity contribution >= 4 is 27.5 Å². The van der Waals surface area contributed by atoms with E-state index in [1.54, 1.807) is 0 Å². The van der Waals surface area contributed by atoms with Gasteiger partial charge in [0, 0.05) is 24.2 Å². The summed E-state index contributed by atoms with van der Waals surface area (Å²) >= 11 is 3.52. The molecule has 0 aromatic heterocycles. The fourth-order valence-corrected chi connectivity index (χ4v) is 3.38. The highest BCUT2D eigenvalue weighted by molar-refractivity contribution is 9.10. The maximum atomic E-state index is 12.6. The van der Waals surface area contributed by atoms with Gasteiger partial charge in [0.15, 0.2) is 0 Å². The molecular weight excluding hydrogens is 320 g/mol. The van der Waals surface area contributed by atoms with E-state index >= 15 is 0 Å². The van der Waals surface area contributed by atoms with Crippen LogP contribution in [0.3, 0.4) is 0 Å². The van der Waals surface area contributed by atoms with Crippen LogP contribution >= 0.6 is 15.9 Å². The van der Waals surface area contributed by atoms with Gasteiger partial charge in [0.25, 0.3) is 0 Å². The number of rotatable bonds is 3. The molecular formula is C15H21BrN2O2. The quantitative estimate of drug-likeness (QED) is 0.889. The van der Waals surface area contributed by atoms with Gasteiger partial charge in [-0.25, -0.2) is 0 Å². The van der Waals surface area contributed by atoms with Gasteiger partial charge in [-0.1, -0.05) is 6.07 Å². The SMILES string of the molecule is Cc1cc(C)c(NC(=O)C2(CN)CCOCC2)c(Br)c1. The molecule has 1 heterocycles. The smallest absolute Gasteiger partial charge is 0.232 e. The maximum Gasteiger partial charge on any atom is 0.232 e. The lowest BCUT2D eigenvalue weighted by Crippen LogP contribution is -2.46. The molecule has 20 heavy (non-hydrogen) atoms. The van der Waals surface area contributed by atoms with Crippen LogP contribution in [0.4, 0.5) is 5.69 Å². The molecule has 0 unspecified atom stereocenters. The van der Waals surface area contributed by atoms with E-state index in [0.29, 0.717) is 32.6 Å². The van der Waals surface area contributed by atoms with Crippen LogP contribution in [0.5, 0.6) is 0 Å². The molecule has 1 aliphatic rings. The van der Waals surface area contributed by atoms with E-state index in [0.717, 1.165) is 21.3 Å². The molecule has 1 aliphatic heterocycles. The zero-order valence-corrected chi connectivity index (χ0v) is 13.5. The van der Waals surface area contributed by atoms with E-state index in [2.05, 4.69) is 27.3 Å². The highest BCUT2D eigenvalue weighted by atomic mass is 79.9. The molecule has 110 valence electrons. The Hall–Kier alpha value is -0.910. The number of hydrogen-bond donors (Lipinski definition) is 2. The van der Waals surface area contributed by atoms with E-state index in [1.807, 2.05) is 19.9 Å². The summed E-state index contributed by atoms with van der Waals surface area (Å²) in [6.45, 7) is 5.57. The molecule has 0 saturated carbocycles. The number of carbonyl (C=O) groups excluding carboxylic acids is 1. The number of hydrogen-bond acceptors (Lipinski definition) is 3. The fourth-order valence-electron chi connectivity index (χ4n) is 2.61. The van der Waals surface area contributed by atoms with Crippen LogP contribution in [0, 0.1) is 19.3 Å². The maximum absolute atomic E-state index is 12.6. The third-order valence-corrected chi connectivity index (χ3v) is 4.62. The molecule has 2 rings (SSSR count). The second kappa shape index (κ2) is 6.24. The van der Waals surface area contributed by atoms with Crippen molar-refractivity contribution in [1.29, 1.82) is 0 Å². The molecule has 1 aromatic carbocycles. The van der Waals surface area contributed by atoms with Gasteiger partial charge in [0.2, 0.25) is 5.91 Å². The minimum Gasteiger partial charge on any atom is -0.381 e. The molecule has 0 bridgehead atoms. The lowest BCUT2D eigenvalue weighted by atomic mass is 9.79. The van der Waals surface area contributed by atoms with Crippen LogP contribution in [0.15, 0.2) is 16.6 Å². The highest BCUT2D eigenvalue weighted by Crippen LogP contribution is 2.34. The third-order valence-electron chi connectivity index (χ3n) is 3.99. The Bertz CT molecular complexity index is 488. The zero-order valence-electron chi connectivity index (χ0n) is 12.0. The molecule has 3 N–H and O–H groups in total. The van der Waals surface area contributed by atoms with Crippen LogP contribution < -0.4 is 11.1 Å². The topological polar surface area (TPSA) is 64.4 Å². The van der Waals surface area contributed by atoms with Crippen LogP contribution in [0.2, 0.25) is 0 Å². The van der Waals surface area contributed by atoms with Gasteiger partial charge in [-0.15, -0.1) is 0 Å². The summed E-state index contributed by atoms with van der Waals surface area (Å²) in [6, 6.07) is 4.06. The first-order valence-corrected chi connectivity index (χ1v) is 7.64. The van der Waals surface area contributed by atoms with Gasteiger partial charge in [0.05, 0.1) is 11.1 Å². The van der Waals surface area contributed by atoms with Gasteiger partial charge in [-0.2, -0.15) is 0 Å². The Morgan fingerprint density at radius 2 is 2.05 bits per heavy atom. The summed E-state index contributed by atoms with van der Waals surface area (Å²) in [5.74, 6) is -0.00375. The number of anilines is 1. The van der Waals surface area contributed by atoms with Crippen LogP contribution in [0.1, 0.15) is 24.0 Å². The standard InChI is InChI=1S/C15H21BrN2O2/c1-10-7-11(2)13(12(16)8-10)18-14(19)15(9-17)3-5-20-6-4-15/h7-8H,3-6,9,17H2,1-2H3,(H,18,19). The lowest BCUT2D eigenvalue weighted by molar-refractivity contribution is -0.130. The van der Waals surface area contributed by atoms with Crippen molar-refractivity contribution in [2.75, 3.05) is 25.1 Å². The Morgan fingerprint density at radius 3 is 2.60 bits per heavy atom. The second-order valence-electron chi connectivity index (χ2n) is 5.49. The van der Waals surface area contributed by atoms with Crippen molar-refractivity contribution in [2.45, 2.75) is 26.7 Å². The average molecular weight is 341 g/mol. The summed E-state index contributed by atoms with van der Waals surface area (Å²) < 4.78 is 6.25. The first-order chi connectivity index (χ1) is 9.48. The third kappa shape index (κ3) is 3.05. The summed E-state index contributed by atoms with van der Waals surface area (Å²) in [7, 11) is 0. The fraction of sp³-hybridized carbons (Fsp3) is 0.533. The summed E-state index contributed by atoms with van der Waals surface area (Å²) in [5, 5.41) is 3.05. The van der Waals surface area contributed by atoms with E-state index in [-0.39, 0.29) is 5.91 Å². The lowest BCUT2D eigenvalue weighted by Gasteiger charge is -2.34. The summed E-state index contributed by atoms with van der Waals surface area (Å²) in [6.07, 6.45) is 1.36. The number of halogens is 1. The summed E-state index contributed by atoms with van der Waals surface area (Å²) in [5.41, 5.74) is 8.40. The predicted molar refractivity (Wildman–Crippen MR) is 83.8 cm³/mol. The highest BCUT2D eigenvalue weighted by Gasteiger charge is 2.39. The average Bonchev–Trinajstić information content (AvgIpc) is 2.43. The van der Waals surface area contributed by atoms with Crippen molar-refractivity contribution < 1.29 is 9.53 Å². The first-order valence-electron chi connectivity index (χ1n) is 6.84. The van der Waals surface area contributed by atoms with Gasteiger partial charge in [-0.05, 0) is 59.8 Å². The van der Waals surface area contributed by atoms with Crippen molar-refractivity contribution in [1.82, 2.24) is 0 Å². The molecule has 1 fully saturated rings. The number of carbonyl (C=O) groups is 1. The Labute approximate surface area is 128 Å². The summed E-state index contributed by atoms with van der Waals surface area (Å²) in [4.78, 5) is 12.6.